The number of nitrogens with one attached hydrogen (secondary N) is 2. The van der Waals surface area contributed by atoms with Gasteiger partial charge in [-0.05, 0) is 80.5 Å². The lowest BCUT2D eigenvalue weighted by Crippen LogP contribution is -2.45. The second-order valence-electron chi connectivity index (χ2n) is 16.9. The monoisotopic (exact) mass is 743 g/mol. The van der Waals surface area contributed by atoms with Crippen LogP contribution in [0.25, 0.3) is 22.2 Å². The molecule has 2 saturated carbocycles. The van der Waals surface area contributed by atoms with Crippen LogP contribution in [0.3, 0.4) is 0 Å². The van der Waals surface area contributed by atoms with Crippen LogP contribution in [0.4, 0.5) is 4.79 Å². The van der Waals surface area contributed by atoms with Crippen molar-refractivity contribution in [2.24, 2.45) is 16.2 Å². The Morgan fingerprint density at radius 1 is 0.925 bits per heavy atom. The molecule has 2 unspecified atom stereocenters. The topological polar surface area (TPSA) is 139 Å². The van der Waals surface area contributed by atoms with E-state index in [-0.39, 0.29) is 34.2 Å². The van der Waals surface area contributed by atoms with Gasteiger partial charge in [0.05, 0.1) is 36.7 Å². The van der Waals surface area contributed by atoms with Gasteiger partial charge < -0.3 is 29.2 Å². The van der Waals surface area contributed by atoms with Crippen molar-refractivity contribution in [2.75, 3.05) is 53.6 Å². The summed E-state index contributed by atoms with van der Waals surface area (Å²) < 4.78 is 41.9. The van der Waals surface area contributed by atoms with E-state index in [2.05, 4.69) is 31.6 Å². The van der Waals surface area contributed by atoms with Crippen molar-refractivity contribution in [3.63, 3.8) is 0 Å². The van der Waals surface area contributed by atoms with Crippen molar-refractivity contribution in [1.82, 2.24) is 24.4 Å². The van der Waals surface area contributed by atoms with E-state index in [0.29, 0.717) is 58.3 Å². The first-order valence-electron chi connectivity index (χ1n) is 19.1. The van der Waals surface area contributed by atoms with E-state index in [1.54, 1.807) is 34.1 Å². The van der Waals surface area contributed by atoms with E-state index >= 15 is 4.79 Å². The molecule has 5 heterocycles. The number of carbonyl (C=O) groups is 3. The fourth-order valence-electron chi connectivity index (χ4n) is 10.8. The highest BCUT2D eigenvalue weighted by molar-refractivity contribution is 7.90. The Morgan fingerprint density at radius 3 is 2.28 bits per heavy atom. The van der Waals surface area contributed by atoms with Crippen LogP contribution in [-0.2, 0) is 26.1 Å². The minimum Gasteiger partial charge on any atom is -0.497 e. The molecule has 4 aliphatic heterocycles. The van der Waals surface area contributed by atoms with E-state index < -0.39 is 26.6 Å². The Hall–Kier alpha value is -4.10. The SMILES string of the molecule is CNC(=O)N1CC23COCC2(C1)CN(C(=O)[C@]12C[C@H]1c1cc(OC)ccc1-c1c(C4CCCCC4)c4ccc(C(=O)NS(=O)(=O)C(C)C)cc4n1C2)C3. The molecule has 4 amide bonds. The first-order chi connectivity index (χ1) is 25.4. The third-order valence-electron chi connectivity index (χ3n) is 13.7. The molecule has 0 spiro atoms. The van der Waals surface area contributed by atoms with Gasteiger partial charge in [-0.15, -0.1) is 0 Å². The molecule has 2 N–H and O–H groups in total. The largest absolute Gasteiger partial charge is 0.497 e. The number of likely N-dealkylation sites (tertiary alicyclic amines) is 2. The Labute approximate surface area is 310 Å². The molecule has 1 aromatic heterocycles. The van der Waals surface area contributed by atoms with Crippen molar-refractivity contribution in [2.45, 2.75) is 76.0 Å². The number of methoxy groups -OCH3 is 1. The Balaban J connectivity index is 1.17. The average Bonchev–Trinajstić information content (AvgIpc) is 3.33. The van der Waals surface area contributed by atoms with Gasteiger partial charge in [-0.1, -0.05) is 25.3 Å². The zero-order valence-electron chi connectivity index (χ0n) is 31.0. The van der Waals surface area contributed by atoms with E-state index in [9.17, 15) is 18.0 Å². The standard InChI is InChI=1S/C40H49N5O7S/c1-24(2)53(49,50)42-35(46)26-10-12-29-32(14-26)45-21-40(36(47)43-17-38-19-44(37(48)41-3)20-39(38,18-43)23-52-22-38)16-31(40)30-15-27(51-4)11-13-28(30)34(45)33(29)25-8-6-5-7-9-25/h10-15,24-25,31H,5-9,16-23H2,1-4H3,(H,41,48)(H,42,46)/t31-,38?,39?,40-/m0/s1. The minimum atomic E-state index is -3.84. The molecule has 0 bridgehead atoms. The molecule has 282 valence electrons. The van der Waals surface area contributed by atoms with E-state index in [1.165, 1.54) is 12.0 Å². The quantitative estimate of drug-likeness (QED) is 0.369. The molecule has 3 aromatic rings. The summed E-state index contributed by atoms with van der Waals surface area (Å²) in [5.41, 5.74) is 4.34. The van der Waals surface area contributed by atoms with Crippen LogP contribution in [0.2, 0.25) is 0 Å². The molecule has 2 aliphatic carbocycles. The molecular weight excluding hydrogens is 695 g/mol. The van der Waals surface area contributed by atoms with Gasteiger partial charge in [0, 0.05) is 78.5 Å². The summed E-state index contributed by atoms with van der Waals surface area (Å²) in [6.45, 7) is 6.77. The number of nitrogens with zero attached hydrogens (tertiary/aromatic N) is 3. The molecule has 9 rings (SSSR count). The van der Waals surface area contributed by atoms with E-state index in [0.717, 1.165) is 59.2 Å². The number of sulfonamides is 1. The zero-order valence-corrected chi connectivity index (χ0v) is 31.8. The Kier molecular flexibility index (Phi) is 7.81. The van der Waals surface area contributed by atoms with Gasteiger partial charge in [-0.25, -0.2) is 17.9 Å². The third-order valence-corrected chi connectivity index (χ3v) is 15.4. The number of hydrogen-bond acceptors (Lipinski definition) is 7. The van der Waals surface area contributed by atoms with Gasteiger partial charge in [-0.3, -0.25) is 9.59 Å². The van der Waals surface area contributed by atoms with Crippen LogP contribution >= 0.6 is 0 Å². The molecule has 2 aromatic carbocycles. The maximum Gasteiger partial charge on any atom is 0.317 e. The first kappa shape index (κ1) is 34.7. The second-order valence-corrected chi connectivity index (χ2v) is 19.2. The smallest absolute Gasteiger partial charge is 0.317 e. The lowest BCUT2D eigenvalue weighted by molar-refractivity contribution is -0.138. The number of amides is 4. The van der Waals surface area contributed by atoms with Crippen molar-refractivity contribution in [3.8, 4) is 17.0 Å². The molecule has 0 radical (unpaired) electrons. The van der Waals surface area contributed by atoms with Gasteiger partial charge in [0.15, 0.2) is 0 Å². The maximum absolute atomic E-state index is 15.3. The van der Waals surface area contributed by atoms with Crippen LogP contribution in [0.5, 0.6) is 5.75 Å². The predicted octanol–water partition coefficient (Wildman–Crippen LogP) is 4.82. The number of fused-ring (bicyclic) bond motifs is 7. The number of rotatable bonds is 6. The van der Waals surface area contributed by atoms with Crippen molar-refractivity contribution in [1.29, 1.82) is 0 Å². The summed E-state index contributed by atoms with van der Waals surface area (Å²) in [6, 6.07) is 11.7. The van der Waals surface area contributed by atoms with Gasteiger partial charge in [-0.2, -0.15) is 0 Å². The third kappa shape index (κ3) is 5.01. The summed E-state index contributed by atoms with van der Waals surface area (Å²) >= 11 is 0. The van der Waals surface area contributed by atoms with Gasteiger partial charge in [0.25, 0.3) is 5.91 Å². The van der Waals surface area contributed by atoms with Crippen molar-refractivity contribution >= 4 is 38.8 Å². The number of carbonyl (C=O) groups excluding carboxylic acids is 3. The van der Waals surface area contributed by atoms with Crippen LogP contribution in [0.1, 0.15) is 85.7 Å². The molecule has 4 atom stereocenters. The number of benzene rings is 2. The number of ether oxygens (including phenoxy) is 2. The highest BCUT2D eigenvalue weighted by Gasteiger charge is 2.71. The van der Waals surface area contributed by atoms with Crippen LogP contribution in [0.15, 0.2) is 36.4 Å². The molecular formula is C40H49N5O7S. The maximum atomic E-state index is 15.3. The molecule has 6 aliphatic rings. The van der Waals surface area contributed by atoms with Gasteiger partial charge in [0.2, 0.25) is 15.9 Å². The van der Waals surface area contributed by atoms with Gasteiger partial charge >= 0.3 is 6.03 Å². The summed E-state index contributed by atoms with van der Waals surface area (Å²) in [5, 5.41) is 3.07. The average molecular weight is 744 g/mol. The zero-order chi connectivity index (χ0) is 37.1. The van der Waals surface area contributed by atoms with Crippen LogP contribution in [0, 0.1) is 16.2 Å². The van der Waals surface area contributed by atoms with Crippen molar-refractivity contribution < 1.29 is 32.3 Å². The molecule has 5 fully saturated rings. The summed E-state index contributed by atoms with van der Waals surface area (Å²) in [6.07, 6.45) is 6.31. The molecule has 12 nitrogen and oxygen atoms in total. The van der Waals surface area contributed by atoms with Crippen LogP contribution < -0.4 is 14.8 Å². The lowest BCUT2D eigenvalue weighted by atomic mass is 9.71. The van der Waals surface area contributed by atoms with E-state index in [1.807, 2.05) is 23.1 Å². The molecule has 13 heteroatoms. The Morgan fingerprint density at radius 2 is 1.62 bits per heavy atom. The second kappa shape index (κ2) is 11.9. The highest BCUT2D eigenvalue weighted by atomic mass is 32.2. The Bertz CT molecular complexity index is 2150. The number of urea groups is 1. The lowest BCUT2D eigenvalue weighted by Gasteiger charge is -2.30. The summed E-state index contributed by atoms with van der Waals surface area (Å²) in [5.74, 6) is 0.513. The minimum absolute atomic E-state index is 0.0224. The first-order valence-corrected chi connectivity index (χ1v) is 20.6. The predicted molar refractivity (Wildman–Crippen MR) is 199 cm³/mol. The fourth-order valence-corrected chi connectivity index (χ4v) is 11.4. The van der Waals surface area contributed by atoms with Gasteiger partial charge in [0.1, 0.15) is 5.75 Å². The van der Waals surface area contributed by atoms with E-state index in [4.69, 9.17) is 9.47 Å². The normalized spacial score (nSPS) is 28.9. The number of hydrogen-bond donors (Lipinski definition) is 2. The van der Waals surface area contributed by atoms with Crippen LogP contribution in [-0.4, -0.2) is 99.4 Å². The number of aromatic nitrogens is 1. The summed E-state index contributed by atoms with van der Waals surface area (Å²) in [4.78, 5) is 45.4. The highest BCUT2D eigenvalue weighted by Crippen LogP contribution is 2.67. The summed E-state index contributed by atoms with van der Waals surface area (Å²) in [7, 11) is -0.514. The molecule has 53 heavy (non-hydrogen) atoms. The molecule has 3 saturated heterocycles. The fraction of sp³-hybridized carbons (Fsp3) is 0.575. The van der Waals surface area contributed by atoms with Crippen molar-refractivity contribution in [3.05, 3.63) is 53.1 Å².